The molecule has 0 aliphatic carbocycles. The van der Waals surface area contributed by atoms with E-state index in [1.807, 2.05) is 48.2 Å². The second-order valence-electron chi connectivity index (χ2n) is 6.66. The lowest BCUT2D eigenvalue weighted by Gasteiger charge is -2.23. The predicted molar refractivity (Wildman–Crippen MR) is 132 cm³/mol. The summed E-state index contributed by atoms with van der Waals surface area (Å²) in [7, 11) is 1.49. The van der Waals surface area contributed by atoms with Gasteiger partial charge in [0.1, 0.15) is 9.85 Å². The summed E-state index contributed by atoms with van der Waals surface area (Å²) in [5, 5.41) is 3.32. The van der Waals surface area contributed by atoms with Crippen molar-refractivity contribution in [3.05, 3.63) is 82.7 Å². The summed E-state index contributed by atoms with van der Waals surface area (Å²) in [6, 6.07) is 20.1. The van der Waals surface area contributed by atoms with Crippen molar-refractivity contribution in [2.75, 3.05) is 13.1 Å². The van der Waals surface area contributed by atoms with Crippen LogP contribution in [-0.2, 0) is 4.79 Å². The van der Waals surface area contributed by atoms with Gasteiger partial charge in [-0.1, -0.05) is 60.3 Å². The molecular formula is C24H23N3OS2. The summed E-state index contributed by atoms with van der Waals surface area (Å²) in [5.74, 6) is 0.0105. The van der Waals surface area contributed by atoms with E-state index >= 15 is 0 Å². The molecule has 6 heteroatoms. The monoisotopic (exact) mass is 433 g/mol. The lowest BCUT2D eigenvalue weighted by molar-refractivity contribution is -0.119. The number of thioether (sulfide) groups is 1. The molecule has 2 heterocycles. The highest BCUT2D eigenvalue weighted by atomic mass is 32.2. The van der Waals surface area contributed by atoms with Gasteiger partial charge in [-0.05, 0) is 31.5 Å². The lowest BCUT2D eigenvalue weighted by atomic mass is 10.1. The molecule has 152 valence electrons. The third-order valence-electron chi connectivity index (χ3n) is 4.82. The highest BCUT2D eigenvalue weighted by Crippen LogP contribution is 2.39. The molecule has 4 rings (SSSR count). The van der Waals surface area contributed by atoms with Gasteiger partial charge in [0, 0.05) is 24.6 Å². The van der Waals surface area contributed by atoms with Gasteiger partial charge >= 0.3 is 0 Å². The molecule has 2 aliphatic heterocycles. The Hall–Kier alpha value is -2.83. The molecule has 2 aromatic carbocycles. The zero-order valence-corrected chi connectivity index (χ0v) is 18.6. The number of likely N-dealkylation sites (N-methyl/N-ethyl adjacent to an activating group) is 1. The average molecular weight is 434 g/mol. The zero-order valence-electron chi connectivity index (χ0n) is 17.0. The number of para-hydroxylation sites is 1. The normalized spacial score (nSPS) is 18.0. The Labute approximate surface area is 185 Å². The molecule has 30 heavy (non-hydrogen) atoms. The maximum atomic E-state index is 12.9. The quantitative estimate of drug-likeness (QED) is 0.357. The van der Waals surface area contributed by atoms with Gasteiger partial charge in [0.15, 0.2) is 0 Å². The number of aliphatic imine (C=N–C) groups is 1. The molecule has 0 unspecified atom stereocenters. The minimum atomic E-state index is 0.0105. The van der Waals surface area contributed by atoms with Crippen molar-refractivity contribution in [2.45, 2.75) is 13.8 Å². The maximum absolute atomic E-state index is 12.9. The predicted octanol–water partition coefficient (Wildman–Crippen LogP) is 5.20. The van der Waals surface area contributed by atoms with E-state index in [0.29, 0.717) is 11.4 Å². The Morgan fingerprint density at radius 3 is 2.27 bits per heavy atom. The first-order valence-corrected chi connectivity index (χ1v) is 11.6. The van der Waals surface area contributed by atoms with Crippen LogP contribution in [-0.4, -0.2) is 44.9 Å². The van der Waals surface area contributed by atoms with Crippen LogP contribution in [0.3, 0.4) is 0 Å². The van der Waals surface area contributed by atoms with E-state index in [1.165, 1.54) is 22.2 Å². The highest BCUT2D eigenvalue weighted by Gasteiger charge is 2.27. The standard InChI is InChI=1S/C24H23N3OS2/c1-3-26-20(18-11-7-5-8-12-18)17-29-22(26)15-23-27(4-2)24(28)21(30-23)16-25-19-13-9-6-10-14-19/h5-17H,3-4H2,1-2H3/b22-15-,25-16?. The van der Waals surface area contributed by atoms with E-state index in [2.05, 4.69) is 52.6 Å². The van der Waals surface area contributed by atoms with E-state index in [9.17, 15) is 4.79 Å². The molecule has 0 spiro atoms. The minimum Gasteiger partial charge on any atom is -0.335 e. The summed E-state index contributed by atoms with van der Waals surface area (Å²) in [4.78, 5) is 23.0. The van der Waals surface area contributed by atoms with E-state index in [-0.39, 0.29) is 5.91 Å². The van der Waals surface area contributed by atoms with E-state index < -0.39 is 0 Å². The summed E-state index contributed by atoms with van der Waals surface area (Å²) in [6.45, 7) is 5.64. The van der Waals surface area contributed by atoms with Gasteiger partial charge in [0.05, 0.1) is 22.6 Å². The van der Waals surface area contributed by atoms with Gasteiger partial charge < -0.3 is 4.90 Å². The van der Waals surface area contributed by atoms with Crippen molar-refractivity contribution >= 4 is 56.1 Å². The van der Waals surface area contributed by atoms with Crippen molar-refractivity contribution in [2.24, 2.45) is 4.99 Å². The first-order valence-electron chi connectivity index (χ1n) is 9.95. The summed E-state index contributed by atoms with van der Waals surface area (Å²) in [5.41, 5.74) is 3.24. The van der Waals surface area contributed by atoms with Gasteiger partial charge in [0.2, 0.25) is 0 Å². The Bertz CT molecular complexity index is 1100. The third-order valence-corrected chi connectivity index (χ3v) is 6.79. The molecule has 0 atom stereocenters. The smallest absolute Gasteiger partial charge is 0.270 e. The second kappa shape index (κ2) is 9.32. The number of hydrogen-bond acceptors (Lipinski definition) is 4. The van der Waals surface area contributed by atoms with Crippen molar-refractivity contribution in [3.8, 4) is 0 Å². The van der Waals surface area contributed by atoms with E-state index in [1.54, 1.807) is 18.0 Å². The summed E-state index contributed by atoms with van der Waals surface area (Å²) >= 11 is 1.70. The number of nitrogens with zero attached hydrogens (tertiary/aromatic N) is 3. The van der Waals surface area contributed by atoms with Crippen LogP contribution in [0, 0.1) is 0 Å². The maximum Gasteiger partial charge on any atom is 0.270 e. The summed E-state index contributed by atoms with van der Waals surface area (Å²) in [6.07, 6.45) is 3.81. The third kappa shape index (κ3) is 4.20. The highest BCUT2D eigenvalue weighted by molar-refractivity contribution is 8.06. The van der Waals surface area contributed by atoms with E-state index in [0.717, 1.165) is 22.2 Å². The molecule has 2 aliphatic rings. The molecule has 2 aromatic rings. The van der Waals surface area contributed by atoms with Gasteiger partial charge in [0.25, 0.3) is 5.91 Å². The number of carbonyl (C=O) groups is 1. The Morgan fingerprint density at radius 1 is 0.933 bits per heavy atom. The van der Waals surface area contributed by atoms with Crippen LogP contribution in [0.5, 0.6) is 0 Å². The summed E-state index contributed by atoms with van der Waals surface area (Å²) < 4.78 is 0. The average Bonchev–Trinajstić information content (AvgIpc) is 3.33. The Kier molecular flexibility index (Phi) is 6.35. The topological polar surface area (TPSA) is 35.9 Å². The van der Waals surface area contributed by atoms with Crippen LogP contribution in [0.2, 0.25) is 0 Å². The number of rotatable bonds is 6. The van der Waals surface area contributed by atoms with Crippen molar-refractivity contribution in [1.82, 2.24) is 9.80 Å². The largest absolute Gasteiger partial charge is 0.335 e. The zero-order chi connectivity index (χ0) is 20.9. The van der Waals surface area contributed by atoms with Crippen LogP contribution in [0.1, 0.15) is 19.4 Å². The Balaban J connectivity index is 1.64. The van der Waals surface area contributed by atoms with Crippen molar-refractivity contribution in [3.63, 3.8) is 0 Å². The fourth-order valence-corrected chi connectivity index (χ4v) is 5.44. The number of benzene rings is 2. The number of amides is 1. The van der Waals surface area contributed by atoms with Crippen molar-refractivity contribution in [1.29, 1.82) is 0 Å². The van der Waals surface area contributed by atoms with Gasteiger partial charge in [-0.15, -0.1) is 10.9 Å². The molecule has 0 bridgehead atoms. The first kappa shape index (κ1) is 20.4. The lowest BCUT2D eigenvalue weighted by Crippen LogP contribution is -2.35. The Morgan fingerprint density at radius 2 is 1.60 bits per heavy atom. The van der Waals surface area contributed by atoms with Gasteiger partial charge in [-0.25, -0.2) is 0 Å². The van der Waals surface area contributed by atoms with Crippen molar-refractivity contribution < 1.29 is 4.79 Å². The van der Waals surface area contributed by atoms with Crippen LogP contribution < -0.4 is 0 Å². The van der Waals surface area contributed by atoms with Crippen LogP contribution in [0.4, 0.5) is 5.69 Å². The fourth-order valence-electron chi connectivity index (χ4n) is 3.32. The second-order valence-corrected chi connectivity index (χ2v) is 8.61. The number of hydrogen-bond donors (Lipinski definition) is 0. The molecule has 0 aromatic heterocycles. The minimum absolute atomic E-state index is 0.0105. The molecule has 4 nitrogen and oxygen atoms in total. The molecule has 0 saturated carbocycles. The molecule has 0 N–H and O–H groups in total. The molecular weight excluding hydrogens is 410 g/mol. The van der Waals surface area contributed by atoms with Gasteiger partial charge in [-0.2, -0.15) is 0 Å². The first-order chi connectivity index (χ1) is 14.7. The SMILES string of the molecule is CCN1C(=O)C(C=Nc2ccccc2)=S=C1/C=C1\SC=C(c2ccccc2)N1CC. The van der Waals surface area contributed by atoms with Crippen LogP contribution in [0.25, 0.3) is 5.70 Å². The fraction of sp³-hybridized carbons (Fsp3) is 0.167. The molecule has 0 radical (unpaired) electrons. The molecule has 0 saturated heterocycles. The molecule has 0 fully saturated rings. The number of carbonyl (C=O) groups excluding carboxylic acids is 1. The van der Waals surface area contributed by atoms with Crippen LogP contribution in [0.15, 0.2) is 82.2 Å². The van der Waals surface area contributed by atoms with Gasteiger partial charge in [-0.3, -0.25) is 14.7 Å². The van der Waals surface area contributed by atoms with E-state index in [4.69, 9.17) is 0 Å². The van der Waals surface area contributed by atoms with Crippen LogP contribution >= 0.6 is 22.7 Å². The molecule has 1 amide bonds.